The first-order valence-corrected chi connectivity index (χ1v) is 6.80. The molecule has 2 aromatic rings. The van der Waals surface area contributed by atoms with Gasteiger partial charge in [-0.15, -0.1) is 0 Å². The van der Waals surface area contributed by atoms with Gasteiger partial charge in [0.15, 0.2) is 5.56 Å². The van der Waals surface area contributed by atoms with Crippen molar-refractivity contribution in [2.24, 2.45) is 0 Å². The van der Waals surface area contributed by atoms with Crippen LogP contribution in [0.15, 0.2) is 41.2 Å². The number of aromatic hydroxyl groups is 1. The molecular weight excluding hydrogens is 270 g/mol. The zero-order valence-electron chi connectivity index (χ0n) is 12.0. The van der Waals surface area contributed by atoms with E-state index < -0.39 is 11.5 Å². The third-order valence-corrected chi connectivity index (χ3v) is 3.12. The predicted molar refractivity (Wildman–Crippen MR) is 79.0 cm³/mol. The molecule has 21 heavy (non-hydrogen) atoms. The van der Waals surface area contributed by atoms with E-state index in [4.69, 9.17) is 4.74 Å². The van der Waals surface area contributed by atoms with Gasteiger partial charge in [-0.25, -0.2) is 4.79 Å². The van der Waals surface area contributed by atoms with Crippen molar-refractivity contribution in [2.75, 3.05) is 6.61 Å². The van der Waals surface area contributed by atoms with Gasteiger partial charge in [0, 0.05) is 17.4 Å². The van der Waals surface area contributed by atoms with Gasteiger partial charge in [0.2, 0.25) is 0 Å². The van der Waals surface area contributed by atoms with Crippen molar-refractivity contribution in [1.82, 2.24) is 4.57 Å². The minimum atomic E-state index is -0.813. The number of hydrogen-bond acceptors (Lipinski definition) is 4. The molecule has 1 N–H and O–H groups in total. The molecule has 5 heteroatoms. The highest BCUT2D eigenvalue weighted by atomic mass is 16.5. The lowest BCUT2D eigenvalue weighted by Crippen LogP contribution is -2.28. The summed E-state index contributed by atoms with van der Waals surface area (Å²) in [6.07, 6.45) is 0.542. The Morgan fingerprint density at radius 2 is 1.90 bits per heavy atom. The highest BCUT2D eigenvalue weighted by Gasteiger charge is 2.21. The smallest absolute Gasteiger partial charge is 0.347 e. The van der Waals surface area contributed by atoms with Crippen LogP contribution in [-0.2, 0) is 11.2 Å². The van der Waals surface area contributed by atoms with E-state index in [1.165, 1.54) is 10.6 Å². The van der Waals surface area contributed by atoms with E-state index in [0.29, 0.717) is 17.8 Å². The summed E-state index contributed by atoms with van der Waals surface area (Å²) in [5, 5.41) is 9.96. The van der Waals surface area contributed by atoms with Gasteiger partial charge in [0.25, 0.3) is 5.56 Å². The summed E-state index contributed by atoms with van der Waals surface area (Å²) in [5.41, 5.74) is 0.357. The maximum atomic E-state index is 12.6. The lowest BCUT2D eigenvalue weighted by Gasteiger charge is -2.14. The van der Waals surface area contributed by atoms with Crippen LogP contribution in [0.5, 0.6) is 5.75 Å². The van der Waals surface area contributed by atoms with Crippen molar-refractivity contribution < 1.29 is 14.6 Å². The molecule has 0 atom stereocenters. The number of hydrogen-bond donors (Lipinski definition) is 1. The van der Waals surface area contributed by atoms with Crippen LogP contribution >= 0.6 is 0 Å². The molecule has 0 radical (unpaired) electrons. The summed E-state index contributed by atoms with van der Waals surface area (Å²) in [6.45, 7) is 3.65. The van der Waals surface area contributed by atoms with E-state index in [2.05, 4.69) is 0 Å². The van der Waals surface area contributed by atoms with Gasteiger partial charge in [-0.2, -0.15) is 0 Å². The Kier molecular flexibility index (Phi) is 4.42. The summed E-state index contributed by atoms with van der Waals surface area (Å²) in [6, 6.07) is 10.4. The maximum absolute atomic E-state index is 12.6. The molecular formula is C16H17NO4. The number of benzene rings is 1. The van der Waals surface area contributed by atoms with Gasteiger partial charge in [0.05, 0.1) is 6.61 Å². The average molecular weight is 287 g/mol. The number of para-hydroxylation sites is 1. The normalized spacial score (nSPS) is 10.4. The second-order valence-corrected chi connectivity index (χ2v) is 4.45. The first-order valence-electron chi connectivity index (χ1n) is 6.80. The van der Waals surface area contributed by atoms with E-state index in [0.717, 1.165) is 0 Å². The minimum absolute atomic E-state index is 0.137. The van der Waals surface area contributed by atoms with E-state index in [-0.39, 0.29) is 17.9 Å². The third kappa shape index (κ3) is 2.81. The maximum Gasteiger partial charge on any atom is 0.347 e. The van der Waals surface area contributed by atoms with Gasteiger partial charge in [-0.1, -0.05) is 25.1 Å². The second-order valence-electron chi connectivity index (χ2n) is 4.45. The third-order valence-electron chi connectivity index (χ3n) is 3.12. The molecule has 0 saturated carbocycles. The van der Waals surface area contributed by atoms with Crippen LogP contribution in [0.1, 0.15) is 29.9 Å². The fourth-order valence-corrected chi connectivity index (χ4v) is 2.16. The first kappa shape index (κ1) is 14.8. The average Bonchev–Trinajstić information content (AvgIpc) is 2.47. The van der Waals surface area contributed by atoms with Crippen molar-refractivity contribution in [3.05, 3.63) is 58.0 Å². The van der Waals surface area contributed by atoms with Gasteiger partial charge in [-0.05, 0) is 25.5 Å². The summed E-state index contributed by atoms with van der Waals surface area (Å²) < 4.78 is 6.26. The van der Waals surface area contributed by atoms with E-state index in [1.54, 1.807) is 31.2 Å². The summed E-state index contributed by atoms with van der Waals surface area (Å²) >= 11 is 0. The molecule has 0 bridgehead atoms. The standard InChI is InChI=1S/C16H17NO4/c1-3-11-10-13(18)14(16(20)21-4-2)15(19)17(11)12-8-6-5-7-9-12/h5-10,18H,3-4H2,1-2H3. The van der Waals surface area contributed by atoms with Crippen molar-refractivity contribution in [3.63, 3.8) is 0 Å². The number of pyridine rings is 1. The van der Waals surface area contributed by atoms with Crippen molar-refractivity contribution in [1.29, 1.82) is 0 Å². The molecule has 0 fully saturated rings. The zero-order valence-corrected chi connectivity index (χ0v) is 12.0. The monoisotopic (exact) mass is 287 g/mol. The summed E-state index contributed by atoms with van der Waals surface area (Å²) in [4.78, 5) is 24.5. The second kappa shape index (κ2) is 6.26. The van der Waals surface area contributed by atoms with Crippen LogP contribution in [-0.4, -0.2) is 22.2 Å². The van der Waals surface area contributed by atoms with Crippen LogP contribution in [0.3, 0.4) is 0 Å². The largest absolute Gasteiger partial charge is 0.507 e. The predicted octanol–water partition coefficient (Wildman–Crippen LogP) is 2.28. The zero-order chi connectivity index (χ0) is 15.4. The van der Waals surface area contributed by atoms with Gasteiger partial charge < -0.3 is 9.84 Å². The molecule has 1 aromatic carbocycles. The molecule has 0 aliphatic heterocycles. The highest BCUT2D eigenvalue weighted by Crippen LogP contribution is 2.19. The fraction of sp³-hybridized carbons (Fsp3) is 0.250. The Bertz CT molecular complexity index is 704. The molecule has 0 amide bonds. The van der Waals surface area contributed by atoms with Crippen LogP contribution in [0, 0.1) is 0 Å². The summed E-state index contributed by atoms with van der Waals surface area (Å²) in [5.74, 6) is -1.16. The molecule has 0 aliphatic carbocycles. The van der Waals surface area contributed by atoms with E-state index in [9.17, 15) is 14.7 Å². The molecule has 0 unspecified atom stereocenters. The fourth-order valence-electron chi connectivity index (χ4n) is 2.16. The molecule has 1 heterocycles. The van der Waals surface area contributed by atoms with Crippen LogP contribution < -0.4 is 5.56 Å². The number of carbonyl (C=O) groups is 1. The Morgan fingerprint density at radius 3 is 2.48 bits per heavy atom. The number of ether oxygens (including phenoxy) is 1. The summed E-state index contributed by atoms with van der Waals surface area (Å²) in [7, 11) is 0. The molecule has 0 spiro atoms. The van der Waals surface area contributed by atoms with Gasteiger partial charge >= 0.3 is 5.97 Å². The highest BCUT2D eigenvalue weighted by molar-refractivity contribution is 5.92. The Balaban J connectivity index is 2.72. The van der Waals surface area contributed by atoms with E-state index >= 15 is 0 Å². The molecule has 0 saturated heterocycles. The topological polar surface area (TPSA) is 68.5 Å². The van der Waals surface area contributed by atoms with Crippen molar-refractivity contribution in [3.8, 4) is 11.4 Å². The molecule has 2 rings (SSSR count). The van der Waals surface area contributed by atoms with Crippen molar-refractivity contribution in [2.45, 2.75) is 20.3 Å². The van der Waals surface area contributed by atoms with Crippen LogP contribution in [0.2, 0.25) is 0 Å². The van der Waals surface area contributed by atoms with Crippen LogP contribution in [0.25, 0.3) is 5.69 Å². The lowest BCUT2D eigenvalue weighted by atomic mass is 10.1. The van der Waals surface area contributed by atoms with Crippen molar-refractivity contribution >= 4 is 5.97 Å². The quantitative estimate of drug-likeness (QED) is 0.876. The minimum Gasteiger partial charge on any atom is -0.507 e. The number of nitrogens with zero attached hydrogens (tertiary/aromatic N) is 1. The van der Waals surface area contributed by atoms with Gasteiger partial charge in [-0.3, -0.25) is 9.36 Å². The SMILES string of the molecule is CCOC(=O)c1c(O)cc(CC)n(-c2ccccc2)c1=O. The molecule has 110 valence electrons. The number of carbonyl (C=O) groups excluding carboxylic acids is 1. The Morgan fingerprint density at radius 1 is 1.24 bits per heavy atom. The number of rotatable bonds is 4. The number of aryl methyl sites for hydroxylation is 1. The van der Waals surface area contributed by atoms with E-state index in [1.807, 2.05) is 13.0 Å². The lowest BCUT2D eigenvalue weighted by molar-refractivity contribution is 0.0520. The van der Waals surface area contributed by atoms with Crippen LogP contribution in [0.4, 0.5) is 0 Å². The molecule has 5 nitrogen and oxygen atoms in total. The number of aromatic nitrogens is 1. The Hall–Kier alpha value is -2.56. The first-order chi connectivity index (χ1) is 10.1. The Labute approximate surface area is 122 Å². The number of esters is 1. The molecule has 0 aliphatic rings. The van der Waals surface area contributed by atoms with Gasteiger partial charge in [0.1, 0.15) is 5.75 Å². The molecule has 1 aromatic heterocycles.